The molecule has 0 unspecified atom stereocenters. The monoisotopic (exact) mass is 435 g/mol. The van der Waals surface area contributed by atoms with E-state index in [-0.39, 0.29) is 6.54 Å². The SMILES string of the molecule is C=CN1C=CN(CC(=O)O)C1.O=S(=O)(NS(=O)(=O)C(F)(F)F)C(F)(F)F. The Balaban J connectivity index is 0.000000502. The Kier molecular flexibility index (Phi) is 7.50. The van der Waals surface area contributed by atoms with Crippen molar-refractivity contribution in [3.05, 3.63) is 25.2 Å². The van der Waals surface area contributed by atoms with Gasteiger partial charge in [0.25, 0.3) is 0 Å². The van der Waals surface area contributed by atoms with Crippen LogP contribution in [0, 0.1) is 0 Å². The van der Waals surface area contributed by atoms with Crippen molar-refractivity contribution < 1.29 is 53.1 Å². The van der Waals surface area contributed by atoms with E-state index in [0.717, 1.165) is 0 Å². The third kappa shape index (κ3) is 7.08. The fraction of sp³-hybridized carbons (Fsp3) is 0.444. The van der Waals surface area contributed by atoms with Crippen LogP contribution in [0.1, 0.15) is 0 Å². The van der Waals surface area contributed by atoms with Crippen molar-refractivity contribution in [1.29, 1.82) is 0 Å². The Hall–Kier alpha value is -2.01. The van der Waals surface area contributed by atoms with Gasteiger partial charge in [0.2, 0.25) is 0 Å². The number of hydrogen-bond acceptors (Lipinski definition) is 7. The second-order valence-electron chi connectivity index (χ2n) is 4.26. The highest BCUT2D eigenvalue weighted by atomic mass is 32.3. The number of hydrogen-bond donors (Lipinski definition) is 2. The number of carbonyl (C=O) groups is 1. The number of halogens is 6. The summed E-state index contributed by atoms with van der Waals surface area (Å²) >= 11 is 0. The number of aliphatic carboxylic acids is 1. The lowest BCUT2D eigenvalue weighted by atomic mass is 10.6. The molecule has 0 aromatic carbocycles. The minimum atomic E-state index is -6.60. The number of carboxylic acids is 1. The van der Waals surface area contributed by atoms with Gasteiger partial charge < -0.3 is 14.9 Å². The molecular weight excluding hydrogens is 424 g/mol. The summed E-state index contributed by atoms with van der Waals surface area (Å²) in [7, 11) is -13.2. The molecule has 0 saturated carbocycles. The smallest absolute Gasteiger partial charge is 0.480 e. The second kappa shape index (κ2) is 8.12. The van der Waals surface area contributed by atoms with E-state index in [1.807, 2.05) is 4.90 Å². The molecule has 9 nitrogen and oxygen atoms in total. The predicted octanol–water partition coefficient (Wildman–Crippen LogP) is 0.536. The Bertz CT molecular complexity index is 716. The minimum absolute atomic E-state index is 0.0425. The first-order valence-corrected chi connectivity index (χ1v) is 8.83. The normalized spacial score (nSPS) is 15.5. The molecule has 0 atom stereocenters. The van der Waals surface area contributed by atoms with Crippen molar-refractivity contribution in [2.45, 2.75) is 11.0 Å². The van der Waals surface area contributed by atoms with Gasteiger partial charge >= 0.3 is 37.0 Å². The van der Waals surface area contributed by atoms with Crippen LogP contribution in [0.5, 0.6) is 0 Å². The zero-order valence-electron chi connectivity index (χ0n) is 12.3. The van der Waals surface area contributed by atoms with Crippen LogP contribution in [0.2, 0.25) is 0 Å². The third-order valence-electron chi connectivity index (χ3n) is 2.22. The Morgan fingerprint density at radius 2 is 1.50 bits per heavy atom. The molecule has 1 aliphatic heterocycles. The van der Waals surface area contributed by atoms with Crippen molar-refractivity contribution in [2.75, 3.05) is 13.2 Å². The summed E-state index contributed by atoms with van der Waals surface area (Å²) in [4.78, 5) is 13.7. The summed E-state index contributed by atoms with van der Waals surface area (Å²) in [5, 5.41) is 8.41. The molecule has 2 N–H and O–H groups in total. The minimum Gasteiger partial charge on any atom is -0.480 e. The van der Waals surface area contributed by atoms with Crippen molar-refractivity contribution in [3.63, 3.8) is 0 Å². The van der Waals surface area contributed by atoms with E-state index in [9.17, 15) is 48.0 Å². The summed E-state index contributed by atoms with van der Waals surface area (Å²) in [6, 6.07) is 0. The standard InChI is InChI=1S/C7H10N2O2.C2HF6NO4S2/c1-2-8-3-4-9(6-8)5-7(10)11;3-1(4,5)14(10,11)9-15(12,13)2(6,7)8/h2-4H,1,5-6H2,(H,10,11);9H. The van der Waals surface area contributed by atoms with Crippen LogP contribution in [0.3, 0.4) is 0 Å². The summed E-state index contributed by atoms with van der Waals surface area (Å²) in [6.45, 7) is 4.18. The quantitative estimate of drug-likeness (QED) is 0.600. The highest BCUT2D eigenvalue weighted by Gasteiger charge is 2.55. The van der Waals surface area contributed by atoms with E-state index in [1.165, 1.54) is 0 Å². The first-order valence-electron chi connectivity index (χ1n) is 5.86. The summed E-state index contributed by atoms with van der Waals surface area (Å²) in [6.07, 6.45) is 5.17. The maximum Gasteiger partial charge on any atom is 0.512 e. The number of rotatable bonds is 5. The number of alkyl halides is 6. The molecule has 26 heavy (non-hydrogen) atoms. The predicted molar refractivity (Wildman–Crippen MR) is 73.5 cm³/mol. The maximum atomic E-state index is 11.5. The second-order valence-corrected chi connectivity index (χ2v) is 7.86. The van der Waals surface area contributed by atoms with E-state index in [4.69, 9.17) is 5.11 Å². The van der Waals surface area contributed by atoms with Gasteiger partial charge in [-0.3, -0.25) is 4.79 Å². The molecular formula is C9H11F6N3O6S2. The average molecular weight is 435 g/mol. The van der Waals surface area contributed by atoms with Crippen LogP contribution in [-0.4, -0.2) is 61.9 Å². The topological polar surface area (TPSA) is 124 Å². The molecule has 0 amide bonds. The molecule has 0 aliphatic carbocycles. The van der Waals surface area contributed by atoms with Crippen molar-refractivity contribution in [3.8, 4) is 0 Å². The van der Waals surface area contributed by atoms with Gasteiger partial charge in [-0.15, -0.1) is 0 Å². The van der Waals surface area contributed by atoms with Crippen LogP contribution in [0.15, 0.2) is 25.2 Å². The molecule has 17 heteroatoms. The van der Waals surface area contributed by atoms with Gasteiger partial charge in [0.1, 0.15) is 6.54 Å². The van der Waals surface area contributed by atoms with Crippen molar-refractivity contribution in [1.82, 2.24) is 13.9 Å². The van der Waals surface area contributed by atoms with Crippen LogP contribution in [-0.2, 0) is 24.8 Å². The summed E-state index contributed by atoms with van der Waals surface area (Å²) < 4.78 is 108. The molecule has 152 valence electrons. The summed E-state index contributed by atoms with van der Waals surface area (Å²) in [5.74, 6) is -0.819. The average Bonchev–Trinajstić information content (AvgIpc) is 2.82. The molecule has 0 aromatic heterocycles. The number of nitrogens with one attached hydrogen (secondary N) is 1. The van der Waals surface area contributed by atoms with Crippen LogP contribution in [0.25, 0.3) is 0 Å². The fourth-order valence-electron chi connectivity index (χ4n) is 1.12. The molecule has 1 rings (SSSR count). The van der Waals surface area contributed by atoms with E-state index in [0.29, 0.717) is 6.67 Å². The van der Waals surface area contributed by atoms with Gasteiger partial charge in [0.05, 0.1) is 6.67 Å². The third-order valence-corrected chi connectivity index (χ3v) is 5.19. The molecule has 0 aromatic rings. The largest absolute Gasteiger partial charge is 0.512 e. The van der Waals surface area contributed by atoms with Crippen LogP contribution in [0.4, 0.5) is 26.3 Å². The highest BCUT2D eigenvalue weighted by molar-refractivity contribution is 8.05. The lowest BCUT2D eigenvalue weighted by Gasteiger charge is -2.15. The maximum absolute atomic E-state index is 11.5. The summed E-state index contributed by atoms with van der Waals surface area (Å²) in [5.41, 5.74) is -12.3. The van der Waals surface area contributed by atoms with E-state index >= 15 is 0 Å². The van der Waals surface area contributed by atoms with Gasteiger partial charge in [0, 0.05) is 12.4 Å². The van der Waals surface area contributed by atoms with E-state index < -0.39 is 41.2 Å². The Morgan fingerprint density at radius 3 is 1.77 bits per heavy atom. The van der Waals surface area contributed by atoms with Gasteiger partial charge in [-0.2, -0.15) is 26.3 Å². The first kappa shape index (κ1) is 24.0. The van der Waals surface area contributed by atoms with Gasteiger partial charge in [-0.1, -0.05) is 10.7 Å². The first-order chi connectivity index (χ1) is 11.4. The van der Waals surface area contributed by atoms with Gasteiger partial charge in [0.15, 0.2) is 0 Å². The lowest BCUT2D eigenvalue weighted by molar-refractivity contribution is -0.137. The molecule has 1 heterocycles. The fourth-order valence-corrected chi connectivity index (χ4v) is 3.03. The Morgan fingerprint density at radius 1 is 1.08 bits per heavy atom. The number of carboxylic acid groups (broad SMARTS) is 1. The van der Waals surface area contributed by atoms with Crippen LogP contribution >= 0.6 is 0 Å². The van der Waals surface area contributed by atoms with Crippen molar-refractivity contribution >= 4 is 26.0 Å². The lowest BCUT2D eigenvalue weighted by Crippen LogP contribution is -2.45. The van der Waals surface area contributed by atoms with E-state index in [1.54, 1.807) is 23.5 Å². The van der Waals surface area contributed by atoms with Crippen LogP contribution < -0.4 is 4.13 Å². The molecule has 0 spiro atoms. The van der Waals surface area contributed by atoms with Gasteiger partial charge in [-0.25, -0.2) is 16.8 Å². The molecule has 1 aliphatic rings. The van der Waals surface area contributed by atoms with Crippen molar-refractivity contribution in [2.24, 2.45) is 0 Å². The Labute approximate surface area is 143 Å². The highest BCUT2D eigenvalue weighted by Crippen LogP contribution is 2.27. The number of sulfonamides is 2. The van der Waals surface area contributed by atoms with Gasteiger partial charge in [-0.05, 0) is 6.20 Å². The molecule has 0 fully saturated rings. The zero-order valence-corrected chi connectivity index (χ0v) is 14.0. The molecule has 0 saturated heterocycles. The number of nitrogens with zero attached hydrogens (tertiary/aromatic N) is 2. The van der Waals surface area contributed by atoms with E-state index in [2.05, 4.69) is 6.58 Å². The zero-order chi connectivity index (χ0) is 21.0. The molecule has 0 radical (unpaired) electrons. The molecule has 0 bridgehead atoms.